The molecule has 1 aliphatic heterocycles. The minimum atomic E-state index is -4.14. The number of ether oxygens (including phenoxy) is 1. The molecule has 1 saturated heterocycles. The van der Waals surface area contributed by atoms with Gasteiger partial charge in [0.25, 0.3) is 0 Å². The van der Waals surface area contributed by atoms with Gasteiger partial charge in [-0.05, 0) is 58.9 Å². The van der Waals surface area contributed by atoms with Crippen molar-refractivity contribution >= 4 is 15.9 Å². The summed E-state index contributed by atoms with van der Waals surface area (Å²) in [6.45, 7) is 6.31. The Morgan fingerprint density at radius 2 is 1.67 bits per heavy atom. The second-order valence-corrected chi connectivity index (χ2v) is 11.8. The van der Waals surface area contributed by atoms with E-state index in [1.165, 1.54) is 22.5 Å². The zero-order valence-corrected chi connectivity index (χ0v) is 21.8. The molecule has 0 aliphatic carbocycles. The van der Waals surface area contributed by atoms with Crippen LogP contribution in [0.3, 0.4) is 0 Å². The monoisotopic (exact) mass is 510 g/mol. The Kier molecular flexibility index (Phi) is 7.20. The van der Waals surface area contributed by atoms with Crippen molar-refractivity contribution in [1.29, 1.82) is 0 Å². The van der Waals surface area contributed by atoms with E-state index in [9.17, 15) is 17.6 Å². The number of carbonyl (C=O) groups is 1. The first-order chi connectivity index (χ1) is 17.0. The molecule has 1 atom stereocenters. The first-order valence-electron chi connectivity index (χ1n) is 11.8. The topological polar surface area (TPSA) is 66.9 Å². The Balaban J connectivity index is 1.70. The third kappa shape index (κ3) is 5.29. The van der Waals surface area contributed by atoms with E-state index in [-0.39, 0.29) is 22.8 Å². The summed E-state index contributed by atoms with van der Waals surface area (Å²) in [4.78, 5) is 14.6. The van der Waals surface area contributed by atoms with Crippen LogP contribution in [0, 0.1) is 5.82 Å². The molecule has 1 fully saturated rings. The van der Waals surface area contributed by atoms with Gasteiger partial charge in [-0.2, -0.15) is 4.31 Å². The van der Waals surface area contributed by atoms with Gasteiger partial charge in [-0.25, -0.2) is 12.8 Å². The van der Waals surface area contributed by atoms with Crippen molar-refractivity contribution in [2.75, 3.05) is 20.2 Å². The molecule has 0 aromatic heterocycles. The molecule has 3 aromatic carbocycles. The van der Waals surface area contributed by atoms with E-state index in [0.29, 0.717) is 18.5 Å². The smallest absolute Gasteiger partial charge is 0.245 e. The average molecular weight is 511 g/mol. The lowest BCUT2D eigenvalue weighted by Crippen LogP contribution is -2.36. The fourth-order valence-electron chi connectivity index (χ4n) is 4.37. The van der Waals surface area contributed by atoms with E-state index in [2.05, 4.69) is 20.8 Å². The summed E-state index contributed by atoms with van der Waals surface area (Å²) in [6.07, 6.45) is -0.293. The third-order valence-corrected chi connectivity index (χ3v) is 8.25. The highest BCUT2D eigenvalue weighted by molar-refractivity contribution is 7.89. The van der Waals surface area contributed by atoms with Crippen LogP contribution in [0.4, 0.5) is 4.39 Å². The number of methoxy groups -OCH3 is 1. The number of benzene rings is 3. The van der Waals surface area contributed by atoms with Gasteiger partial charge in [0, 0.05) is 6.54 Å². The van der Waals surface area contributed by atoms with Crippen LogP contribution in [0.25, 0.3) is 0 Å². The summed E-state index contributed by atoms with van der Waals surface area (Å²) in [6, 6.07) is 20.1. The molecule has 8 heteroatoms. The van der Waals surface area contributed by atoms with E-state index in [1.807, 2.05) is 48.5 Å². The van der Waals surface area contributed by atoms with Crippen molar-refractivity contribution in [2.45, 2.75) is 43.7 Å². The van der Waals surface area contributed by atoms with Gasteiger partial charge in [0.15, 0.2) is 0 Å². The minimum Gasteiger partial charge on any atom is -0.497 e. The zero-order valence-electron chi connectivity index (χ0n) is 20.9. The number of hydrogen-bond donors (Lipinski definition) is 0. The van der Waals surface area contributed by atoms with E-state index < -0.39 is 22.0 Å². The largest absolute Gasteiger partial charge is 0.497 e. The van der Waals surface area contributed by atoms with Gasteiger partial charge >= 0.3 is 0 Å². The predicted octanol–water partition coefficient (Wildman–Crippen LogP) is 4.91. The number of carbonyl (C=O) groups excluding carboxylic acids is 1. The fraction of sp³-hybridized carbons (Fsp3) is 0.321. The summed E-state index contributed by atoms with van der Waals surface area (Å²) in [5.74, 6) is -0.211. The lowest BCUT2D eigenvalue weighted by atomic mass is 9.86. The molecule has 0 spiro atoms. The predicted molar refractivity (Wildman–Crippen MR) is 137 cm³/mol. The Labute approximate surface area is 212 Å². The maximum atomic E-state index is 13.9. The second-order valence-electron chi connectivity index (χ2n) is 9.94. The Hall–Kier alpha value is -3.23. The van der Waals surface area contributed by atoms with Crippen molar-refractivity contribution in [3.8, 4) is 5.75 Å². The summed E-state index contributed by atoms with van der Waals surface area (Å²) < 4.78 is 47.5. The molecule has 1 heterocycles. The number of hydrogen-bond acceptors (Lipinski definition) is 4. The van der Waals surface area contributed by atoms with Crippen molar-refractivity contribution in [3.05, 3.63) is 95.3 Å². The SMILES string of the molecule is COc1ccc(CCN2C(=O)CN(S(=O)(=O)c3cccc(F)c3)C2c2ccc(C(C)(C)C)cc2)cc1. The van der Waals surface area contributed by atoms with Gasteiger partial charge < -0.3 is 9.64 Å². The molecular weight excluding hydrogens is 479 g/mol. The second kappa shape index (κ2) is 10.0. The minimum absolute atomic E-state index is 0.0780. The first kappa shape index (κ1) is 25.9. The van der Waals surface area contributed by atoms with Crippen molar-refractivity contribution < 1.29 is 22.3 Å². The van der Waals surface area contributed by atoms with E-state index in [4.69, 9.17) is 4.74 Å². The zero-order chi connectivity index (χ0) is 26.1. The molecule has 1 amide bonds. The van der Waals surface area contributed by atoms with Gasteiger partial charge in [-0.1, -0.05) is 63.2 Å². The number of sulfonamides is 1. The fourth-order valence-corrected chi connectivity index (χ4v) is 5.93. The van der Waals surface area contributed by atoms with Gasteiger partial charge in [0.1, 0.15) is 17.7 Å². The van der Waals surface area contributed by atoms with Crippen molar-refractivity contribution in [1.82, 2.24) is 9.21 Å². The standard InChI is InChI=1S/C28H31FN2O4S/c1-28(2,3)22-12-10-21(11-13-22)27-30(17-16-20-8-14-24(35-4)15-9-20)26(32)19-31(27)36(33,34)25-7-5-6-23(29)18-25/h5-15,18,27H,16-17,19H2,1-4H3. The summed E-state index contributed by atoms with van der Waals surface area (Å²) in [5.41, 5.74) is 2.70. The third-order valence-electron chi connectivity index (χ3n) is 6.46. The maximum absolute atomic E-state index is 13.9. The Bertz CT molecular complexity index is 1330. The van der Waals surface area contributed by atoms with E-state index >= 15 is 0 Å². The highest BCUT2D eigenvalue weighted by Gasteiger charge is 2.45. The first-order valence-corrected chi connectivity index (χ1v) is 13.2. The lowest BCUT2D eigenvalue weighted by molar-refractivity contribution is -0.128. The van der Waals surface area contributed by atoms with Crippen LogP contribution in [0.5, 0.6) is 5.75 Å². The van der Waals surface area contributed by atoms with Crippen LogP contribution in [-0.4, -0.2) is 43.7 Å². The van der Waals surface area contributed by atoms with Crippen molar-refractivity contribution in [2.24, 2.45) is 0 Å². The highest BCUT2D eigenvalue weighted by Crippen LogP contribution is 2.37. The van der Waals surface area contributed by atoms with Gasteiger partial charge in [0.2, 0.25) is 15.9 Å². The maximum Gasteiger partial charge on any atom is 0.245 e. The molecule has 3 aromatic rings. The van der Waals surface area contributed by atoms with Crippen LogP contribution in [0.15, 0.2) is 77.7 Å². The molecule has 1 unspecified atom stereocenters. The molecule has 6 nitrogen and oxygen atoms in total. The lowest BCUT2D eigenvalue weighted by Gasteiger charge is -2.30. The molecule has 36 heavy (non-hydrogen) atoms. The molecule has 0 bridgehead atoms. The Morgan fingerprint density at radius 3 is 2.25 bits per heavy atom. The molecule has 0 radical (unpaired) electrons. The normalized spacial score (nSPS) is 17.0. The summed E-state index contributed by atoms with van der Waals surface area (Å²) in [7, 11) is -2.54. The summed E-state index contributed by atoms with van der Waals surface area (Å²) in [5, 5.41) is 0. The number of halogens is 1. The molecule has 190 valence electrons. The van der Waals surface area contributed by atoms with Crippen LogP contribution in [0.2, 0.25) is 0 Å². The van der Waals surface area contributed by atoms with Crippen molar-refractivity contribution in [3.63, 3.8) is 0 Å². The molecular formula is C28H31FN2O4S. The van der Waals surface area contributed by atoms with Crippen LogP contribution < -0.4 is 4.74 Å². The van der Waals surface area contributed by atoms with Gasteiger partial charge in [0.05, 0.1) is 18.6 Å². The van der Waals surface area contributed by atoms with Crippen LogP contribution >= 0.6 is 0 Å². The van der Waals surface area contributed by atoms with Gasteiger partial charge in [-0.3, -0.25) is 4.79 Å². The van der Waals surface area contributed by atoms with Crippen LogP contribution in [0.1, 0.15) is 43.6 Å². The highest BCUT2D eigenvalue weighted by atomic mass is 32.2. The molecule has 1 aliphatic rings. The average Bonchev–Trinajstić information content (AvgIpc) is 3.19. The van der Waals surface area contributed by atoms with E-state index in [0.717, 1.165) is 22.9 Å². The van der Waals surface area contributed by atoms with Gasteiger partial charge in [-0.15, -0.1) is 0 Å². The number of amides is 1. The summed E-state index contributed by atoms with van der Waals surface area (Å²) >= 11 is 0. The Morgan fingerprint density at radius 1 is 1.00 bits per heavy atom. The van der Waals surface area contributed by atoms with Crippen LogP contribution in [-0.2, 0) is 26.7 Å². The quantitative estimate of drug-likeness (QED) is 0.453. The molecule has 4 rings (SSSR count). The number of nitrogens with zero attached hydrogens (tertiary/aromatic N) is 2. The van der Waals surface area contributed by atoms with E-state index in [1.54, 1.807) is 12.0 Å². The molecule has 0 N–H and O–H groups in total. The number of rotatable bonds is 7. The molecule has 0 saturated carbocycles.